The van der Waals surface area contributed by atoms with Crippen LogP contribution in [0.15, 0.2) is 140 Å². The van der Waals surface area contributed by atoms with Crippen molar-refractivity contribution in [1.29, 1.82) is 0 Å². The van der Waals surface area contributed by atoms with Crippen molar-refractivity contribution in [1.82, 2.24) is 0 Å². The van der Waals surface area contributed by atoms with E-state index in [0.717, 1.165) is 6.42 Å². The van der Waals surface area contributed by atoms with Crippen LogP contribution >= 0.6 is 0 Å². The molecule has 0 heteroatoms. The van der Waals surface area contributed by atoms with Crippen LogP contribution in [-0.4, -0.2) is 0 Å². The first kappa shape index (κ1) is 29.5. The standard InChI is InChI=1S/C50H40/c1-30-15-14-20-33-23-24-42-41(46(30)33)25-34-26-44-38(28-43(34)49(42,2)3)37-27-39-40(29-45(37)50(44,4)5)48(32-18-10-7-11-19-32)36-22-13-12-21-35(36)47(39)31-16-8-6-9-17-31/h6-24,26-29H,25H2,1-5H3. The van der Waals surface area contributed by atoms with E-state index in [1.165, 1.54) is 105 Å². The Morgan fingerprint density at radius 2 is 1.00 bits per heavy atom. The predicted molar refractivity (Wildman–Crippen MR) is 214 cm³/mol. The van der Waals surface area contributed by atoms with Gasteiger partial charge < -0.3 is 0 Å². The van der Waals surface area contributed by atoms with Crippen molar-refractivity contribution in [2.75, 3.05) is 0 Å². The molecular weight excluding hydrogens is 601 g/mol. The van der Waals surface area contributed by atoms with Crippen LogP contribution in [0.3, 0.4) is 0 Å². The lowest BCUT2D eigenvalue weighted by atomic mass is 9.66. The van der Waals surface area contributed by atoms with Gasteiger partial charge in [0.2, 0.25) is 0 Å². The highest BCUT2D eigenvalue weighted by molar-refractivity contribution is 6.22. The molecule has 0 fully saturated rings. The van der Waals surface area contributed by atoms with E-state index in [0.29, 0.717) is 0 Å². The molecule has 0 saturated heterocycles. The van der Waals surface area contributed by atoms with Crippen LogP contribution in [-0.2, 0) is 17.3 Å². The minimum atomic E-state index is -0.139. The number of benzene rings is 8. The second-order valence-electron chi connectivity index (χ2n) is 15.7. The summed E-state index contributed by atoms with van der Waals surface area (Å²) < 4.78 is 0. The minimum Gasteiger partial charge on any atom is -0.0622 e. The molecule has 50 heavy (non-hydrogen) atoms. The molecule has 10 rings (SSSR count). The van der Waals surface area contributed by atoms with Gasteiger partial charge in [-0.15, -0.1) is 0 Å². The predicted octanol–water partition coefficient (Wildman–Crippen LogP) is 13.3. The molecule has 0 atom stereocenters. The van der Waals surface area contributed by atoms with Crippen LogP contribution in [0.4, 0.5) is 0 Å². The second-order valence-corrected chi connectivity index (χ2v) is 15.7. The quantitative estimate of drug-likeness (QED) is 0.165. The molecule has 0 N–H and O–H groups in total. The maximum absolute atomic E-state index is 2.59. The Hall–Kier alpha value is -5.46. The molecule has 0 nitrogen and oxygen atoms in total. The summed E-state index contributed by atoms with van der Waals surface area (Å²) >= 11 is 0. The summed E-state index contributed by atoms with van der Waals surface area (Å²) in [6.45, 7) is 12.0. The van der Waals surface area contributed by atoms with E-state index in [4.69, 9.17) is 0 Å². The number of hydrogen-bond donors (Lipinski definition) is 0. The summed E-state index contributed by atoms with van der Waals surface area (Å²) in [6.07, 6.45) is 0.972. The highest BCUT2D eigenvalue weighted by Gasteiger charge is 2.41. The topological polar surface area (TPSA) is 0 Å². The monoisotopic (exact) mass is 640 g/mol. The van der Waals surface area contributed by atoms with Crippen molar-refractivity contribution in [2.24, 2.45) is 0 Å². The van der Waals surface area contributed by atoms with E-state index in [2.05, 4.69) is 174 Å². The van der Waals surface area contributed by atoms with Gasteiger partial charge in [-0.05, 0) is 136 Å². The van der Waals surface area contributed by atoms with Gasteiger partial charge in [0.05, 0.1) is 0 Å². The van der Waals surface area contributed by atoms with Gasteiger partial charge in [0.15, 0.2) is 0 Å². The molecule has 0 bridgehead atoms. The Kier molecular flexibility index (Phi) is 6.06. The Labute approximate surface area is 295 Å². The van der Waals surface area contributed by atoms with Crippen molar-refractivity contribution in [3.63, 3.8) is 0 Å². The van der Waals surface area contributed by atoms with Gasteiger partial charge in [-0.2, -0.15) is 0 Å². The van der Waals surface area contributed by atoms with E-state index in [-0.39, 0.29) is 10.8 Å². The summed E-state index contributed by atoms with van der Waals surface area (Å²) in [5, 5.41) is 8.03. The van der Waals surface area contributed by atoms with Crippen molar-refractivity contribution in [2.45, 2.75) is 51.9 Å². The zero-order chi connectivity index (χ0) is 33.9. The SMILES string of the molecule is Cc1cccc2ccc3c(c12)Cc1cc2c(cc1C3(C)C)-c1cc3c(-c4ccccc4)c4ccccc4c(-c4ccccc4)c3cc1C2(C)C. The smallest absolute Gasteiger partial charge is 0.0159 e. The van der Waals surface area contributed by atoms with Gasteiger partial charge in [0, 0.05) is 10.8 Å². The molecule has 0 spiro atoms. The van der Waals surface area contributed by atoms with Crippen molar-refractivity contribution in [3.05, 3.63) is 178 Å². The third-order valence-corrected chi connectivity index (χ3v) is 12.2. The van der Waals surface area contributed by atoms with E-state index >= 15 is 0 Å². The van der Waals surface area contributed by atoms with Gasteiger partial charge in [-0.1, -0.05) is 149 Å². The Morgan fingerprint density at radius 1 is 0.440 bits per heavy atom. The Balaban J connectivity index is 1.29. The average Bonchev–Trinajstić information content (AvgIpc) is 3.34. The second kappa shape index (κ2) is 10.3. The van der Waals surface area contributed by atoms with Crippen LogP contribution < -0.4 is 0 Å². The molecule has 240 valence electrons. The van der Waals surface area contributed by atoms with E-state index in [1.54, 1.807) is 0 Å². The molecule has 0 unspecified atom stereocenters. The first-order valence-corrected chi connectivity index (χ1v) is 18.1. The van der Waals surface area contributed by atoms with Crippen molar-refractivity contribution >= 4 is 32.3 Å². The molecule has 2 aliphatic carbocycles. The molecule has 0 heterocycles. The minimum absolute atomic E-state index is 0.107. The summed E-state index contributed by atoms with van der Waals surface area (Å²) in [6, 6.07) is 52.8. The largest absolute Gasteiger partial charge is 0.0622 e. The number of aryl methyl sites for hydroxylation is 1. The molecule has 0 saturated carbocycles. The fourth-order valence-corrected chi connectivity index (χ4v) is 9.81. The first-order valence-electron chi connectivity index (χ1n) is 18.1. The summed E-state index contributed by atoms with van der Waals surface area (Å²) in [7, 11) is 0. The van der Waals surface area contributed by atoms with Crippen LogP contribution in [0.25, 0.3) is 65.7 Å². The zero-order valence-corrected chi connectivity index (χ0v) is 29.5. The number of rotatable bonds is 2. The maximum atomic E-state index is 2.59. The van der Waals surface area contributed by atoms with Gasteiger partial charge in [-0.25, -0.2) is 0 Å². The van der Waals surface area contributed by atoms with Crippen LogP contribution in [0.2, 0.25) is 0 Å². The molecule has 8 aromatic rings. The van der Waals surface area contributed by atoms with Gasteiger partial charge in [0.1, 0.15) is 0 Å². The molecule has 0 amide bonds. The zero-order valence-electron chi connectivity index (χ0n) is 29.5. The highest BCUT2D eigenvalue weighted by atomic mass is 14.4. The van der Waals surface area contributed by atoms with Gasteiger partial charge >= 0.3 is 0 Å². The van der Waals surface area contributed by atoms with Crippen LogP contribution in [0.5, 0.6) is 0 Å². The van der Waals surface area contributed by atoms with Crippen molar-refractivity contribution in [3.8, 4) is 33.4 Å². The number of fused-ring (bicyclic) bond motifs is 9. The van der Waals surface area contributed by atoms with Gasteiger partial charge in [-0.3, -0.25) is 0 Å². The molecule has 0 aromatic heterocycles. The fraction of sp³-hybridized carbons (Fsp3) is 0.160. The Morgan fingerprint density at radius 3 is 1.66 bits per heavy atom. The van der Waals surface area contributed by atoms with Crippen LogP contribution in [0.1, 0.15) is 66.6 Å². The first-order chi connectivity index (χ1) is 24.2. The summed E-state index contributed by atoms with van der Waals surface area (Å²) in [4.78, 5) is 0. The van der Waals surface area contributed by atoms with E-state index < -0.39 is 0 Å². The molecule has 2 aliphatic rings. The van der Waals surface area contributed by atoms with Crippen LogP contribution in [0, 0.1) is 6.92 Å². The fourth-order valence-electron chi connectivity index (χ4n) is 9.81. The third-order valence-electron chi connectivity index (χ3n) is 12.2. The summed E-state index contributed by atoms with van der Waals surface area (Å²) in [5.41, 5.74) is 17.8. The average molecular weight is 641 g/mol. The normalized spacial score (nSPS) is 15.1. The molecule has 8 aromatic carbocycles. The molecule has 0 radical (unpaired) electrons. The van der Waals surface area contributed by atoms with E-state index in [1.807, 2.05) is 0 Å². The lowest BCUT2D eigenvalue weighted by molar-refractivity contribution is 0.608. The van der Waals surface area contributed by atoms with E-state index in [9.17, 15) is 0 Å². The maximum Gasteiger partial charge on any atom is 0.0159 e. The Bertz CT molecular complexity index is 2710. The lowest BCUT2D eigenvalue weighted by Gasteiger charge is -2.37. The molecule has 0 aliphatic heterocycles. The summed E-state index contributed by atoms with van der Waals surface area (Å²) in [5.74, 6) is 0. The van der Waals surface area contributed by atoms with Gasteiger partial charge in [0.25, 0.3) is 0 Å². The number of hydrogen-bond acceptors (Lipinski definition) is 0. The third kappa shape index (κ3) is 3.94. The van der Waals surface area contributed by atoms with Crippen molar-refractivity contribution < 1.29 is 0 Å². The molecular formula is C50H40. The highest BCUT2D eigenvalue weighted by Crippen LogP contribution is 2.56. The lowest BCUT2D eigenvalue weighted by Crippen LogP contribution is -2.28.